The molecule has 0 radical (unpaired) electrons. The van der Waals surface area contributed by atoms with Gasteiger partial charge < -0.3 is 19.4 Å². The van der Waals surface area contributed by atoms with Crippen LogP contribution in [0.15, 0.2) is 76.6 Å². The SMILES string of the molecule is COc1ccc2nc(N3C(=O)C(O)=C(C(=O)c4ccco4)[C@@H]3c3ccc(O)cc3)sc2c1. The molecule has 8 nitrogen and oxygen atoms in total. The number of ketones is 1. The van der Waals surface area contributed by atoms with E-state index in [0.717, 1.165) is 4.70 Å². The van der Waals surface area contributed by atoms with E-state index in [0.29, 0.717) is 22.0 Å². The average Bonchev–Trinajstić information content (AvgIpc) is 3.52. The number of carbonyl (C=O) groups excluding carboxylic acids is 2. The number of benzene rings is 2. The van der Waals surface area contributed by atoms with Crippen LogP contribution in [-0.4, -0.2) is 34.0 Å². The zero-order chi connectivity index (χ0) is 22.4. The third kappa shape index (κ3) is 3.10. The highest BCUT2D eigenvalue weighted by Gasteiger charge is 2.46. The van der Waals surface area contributed by atoms with E-state index in [1.165, 1.54) is 40.7 Å². The Balaban J connectivity index is 1.67. The van der Waals surface area contributed by atoms with Crippen molar-refractivity contribution in [1.82, 2.24) is 4.98 Å². The van der Waals surface area contributed by atoms with Crippen molar-refractivity contribution in [2.24, 2.45) is 0 Å². The first kappa shape index (κ1) is 19.8. The smallest absolute Gasteiger partial charge is 0.296 e. The first-order chi connectivity index (χ1) is 15.5. The number of furan rings is 1. The predicted octanol–water partition coefficient (Wildman–Crippen LogP) is 4.39. The fourth-order valence-corrected chi connectivity index (χ4v) is 4.69. The number of rotatable bonds is 5. The number of fused-ring (bicyclic) bond motifs is 1. The van der Waals surface area contributed by atoms with Crippen LogP contribution in [-0.2, 0) is 4.79 Å². The van der Waals surface area contributed by atoms with Crippen LogP contribution < -0.4 is 9.64 Å². The van der Waals surface area contributed by atoms with Crippen molar-refractivity contribution in [2.45, 2.75) is 6.04 Å². The van der Waals surface area contributed by atoms with Crippen molar-refractivity contribution in [3.05, 3.63) is 83.5 Å². The summed E-state index contributed by atoms with van der Waals surface area (Å²) in [6, 6.07) is 13.5. The minimum atomic E-state index is -0.955. The molecule has 0 bridgehead atoms. The molecule has 1 atom stereocenters. The predicted molar refractivity (Wildman–Crippen MR) is 117 cm³/mol. The maximum absolute atomic E-state index is 13.2. The number of hydrogen-bond donors (Lipinski definition) is 2. The van der Waals surface area contributed by atoms with Gasteiger partial charge in [0.25, 0.3) is 5.91 Å². The van der Waals surface area contributed by atoms with Crippen molar-refractivity contribution in [3.63, 3.8) is 0 Å². The number of thiazole rings is 1. The van der Waals surface area contributed by atoms with Crippen LogP contribution in [0.5, 0.6) is 11.5 Å². The summed E-state index contributed by atoms with van der Waals surface area (Å²) in [7, 11) is 1.56. The lowest BCUT2D eigenvalue weighted by atomic mass is 9.95. The Morgan fingerprint density at radius 1 is 1.16 bits per heavy atom. The van der Waals surface area contributed by atoms with E-state index in [-0.39, 0.29) is 17.1 Å². The van der Waals surface area contributed by atoms with E-state index in [2.05, 4.69) is 4.98 Å². The largest absolute Gasteiger partial charge is 0.508 e. The van der Waals surface area contributed by atoms with Crippen LogP contribution in [0.1, 0.15) is 22.2 Å². The maximum Gasteiger partial charge on any atom is 0.296 e. The summed E-state index contributed by atoms with van der Waals surface area (Å²) in [5.74, 6) is -1.34. The molecule has 32 heavy (non-hydrogen) atoms. The van der Waals surface area contributed by atoms with Crippen molar-refractivity contribution in [2.75, 3.05) is 12.0 Å². The summed E-state index contributed by atoms with van der Waals surface area (Å²) in [6.07, 6.45) is 1.34. The molecule has 0 saturated carbocycles. The molecule has 9 heteroatoms. The second-order valence-corrected chi connectivity index (χ2v) is 8.08. The van der Waals surface area contributed by atoms with Crippen LogP contribution >= 0.6 is 11.3 Å². The van der Waals surface area contributed by atoms with Gasteiger partial charge in [0.1, 0.15) is 11.5 Å². The molecule has 160 valence electrons. The Morgan fingerprint density at radius 2 is 1.94 bits per heavy atom. The van der Waals surface area contributed by atoms with Gasteiger partial charge in [-0.25, -0.2) is 4.98 Å². The third-order valence-electron chi connectivity index (χ3n) is 5.20. The van der Waals surface area contributed by atoms with Gasteiger partial charge in [-0.2, -0.15) is 0 Å². The zero-order valence-corrected chi connectivity index (χ0v) is 17.5. The Labute approximate surface area is 185 Å². The highest BCUT2D eigenvalue weighted by atomic mass is 32.1. The average molecular weight is 448 g/mol. The molecule has 0 unspecified atom stereocenters. The van der Waals surface area contributed by atoms with Gasteiger partial charge in [0.05, 0.1) is 35.2 Å². The van der Waals surface area contributed by atoms with Gasteiger partial charge in [-0.3, -0.25) is 14.5 Å². The molecular weight excluding hydrogens is 432 g/mol. The minimum Gasteiger partial charge on any atom is -0.508 e. The summed E-state index contributed by atoms with van der Waals surface area (Å²) >= 11 is 1.23. The zero-order valence-electron chi connectivity index (χ0n) is 16.7. The molecule has 0 fully saturated rings. The molecule has 5 rings (SSSR count). The van der Waals surface area contributed by atoms with Gasteiger partial charge >= 0.3 is 0 Å². The van der Waals surface area contributed by atoms with Gasteiger partial charge in [0.2, 0.25) is 5.78 Å². The van der Waals surface area contributed by atoms with Gasteiger partial charge in [-0.15, -0.1) is 0 Å². The van der Waals surface area contributed by atoms with Gasteiger partial charge in [-0.1, -0.05) is 23.5 Å². The topological polar surface area (TPSA) is 113 Å². The number of hydrogen-bond acceptors (Lipinski definition) is 8. The number of Topliss-reactive ketones (excluding diaryl/α,β-unsaturated/α-hetero) is 1. The number of phenolic OH excluding ortho intramolecular Hbond substituents is 1. The van der Waals surface area contributed by atoms with E-state index in [1.807, 2.05) is 0 Å². The number of phenols is 1. The number of aliphatic hydroxyl groups excluding tert-OH is 1. The number of amides is 1. The van der Waals surface area contributed by atoms with Crippen molar-refractivity contribution in [3.8, 4) is 11.5 Å². The number of nitrogens with zero attached hydrogens (tertiary/aromatic N) is 2. The highest BCUT2D eigenvalue weighted by Crippen LogP contribution is 2.44. The summed E-state index contributed by atoms with van der Waals surface area (Å²) in [5, 5.41) is 20.8. The molecule has 0 saturated heterocycles. The normalized spacial score (nSPS) is 16.2. The molecule has 0 aliphatic carbocycles. The van der Waals surface area contributed by atoms with Crippen LogP contribution in [0.2, 0.25) is 0 Å². The molecule has 1 aliphatic heterocycles. The highest BCUT2D eigenvalue weighted by molar-refractivity contribution is 7.22. The Bertz CT molecular complexity index is 1370. The number of aliphatic hydroxyl groups is 1. The lowest BCUT2D eigenvalue weighted by Crippen LogP contribution is -2.30. The van der Waals surface area contributed by atoms with Gasteiger partial charge in [-0.05, 0) is 48.0 Å². The fourth-order valence-electron chi connectivity index (χ4n) is 3.67. The number of anilines is 1. The van der Waals surface area contributed by atoms with Crippen LogP contribution in [0.4, 0.5) is 5.13 Å². The molecule has 1 amide bonds. The van der Waals surface area contributed by atoms with Crippen LogP contribution in [0.3, 0.4) is 0 Å². The number of carbonyl (C=O) groups is 2. The summed E-state index contributed by atoms with van der Waals surface area (Å²) < 4.78 is 11.3. The minimum absolute atomic E-state index is 0.000912. The summed E-state index contributed by atoms with van der Waals surface area (Å²) in [5.41, 5.74) is 1.05. The molecule has 2 aromatic carbocycles. The van der Waals surface area contributed by atoms with E-state index >= 15 is 0 Å². The lowest BCUT2D eigenvalue weighted by Gasteiger charge is -2.24. The second-order valence-electron chi connectivity index (χ2n) is 7.07. The Morgan fingerprint density at radius 3 is 2.62 bits per heavy atom. The number of ether oxygens (including phenoxy) is 1. The van der Waals surface area contributed by atoms with E-state index in [9.17, 15) is 19.8 Å². The quantitative estimate of drug-likeness (QED) is 0.436. The second kappa shape index (κ2) is 7.54. The Hall–Kier alpha value is -4.11. The molecule has 3 heterocycles. The first-order valence-electron chi connectivity index (χ1n) is 9.56. The monoisotopic (exact) mass is 448 g/mol. The maximum atomic E-state index is 13.2. The number of methoxy groups -OCH3 is 1. The van der Waals surface area contributed by atoms with Crippen molar-refractivity contribution < 1.29 is 29.0 Å². The van der Waals surface area contributed by atoms with Gasteiger partial charge in [0, 0.05) is 0 Å². The van der Waals surface area contributed by atoms with Crippen molar-refractivity contribution >= 4 is 38.4 Å². The van der Waals surface area contributed by atoms with E-state index in [1.54, 1.807) is 43.5 Å². The molecule has 1 aliphatic rings. The standard InChI is InChI=1S/C23H16N2O6S/c1-30-14-8-9-15-17(11-14)32-23(24-15)25-19(12-4-6-13(26)7-5-12)18(21(28)22(25)29)20(27)16-3-2-10-31-16/h2-11,19,26,28H,1H3/t19-/m0/s1. The Kier molecular flexibility index (Phi) is 4.67. The summed E-state index contributed by atoms with van der Waals surface area (Å²) in [4.78, 5) is 32.2. The molecular formula is C23H16N2O6S. The number of aromatic nitrogens is 1. The van der Waals surface area contributed by atoms with Gasteiger partial charge in [0.15, 0.2) is 16.7 Å². The lowest BCUT2D eigenvalue weighted by molar-refractivity contribution is -0.117. The molecule has 2 aromatic heterocycles. The van der Waals surface area contributed by atoms with E-state index < -0.39 is 23.5 Å². The van der Waals surface area contributed by atoms with E-state index in [4.69, 9.17) is 9.15 Å². The van der Waals surface area contributed by atoms with Crippen LogP contribution in [0.25, 0.3) is 10.2 Å². The number of aromatic hydroxyl groups is 1. The van der Waals surface area contributed by atoms with Crippen molar-refractivity contribution in [1.29, 1.82) is 0 Å². The third-order valence-corrected chi connectivity index (χ3v) is 6.21. The fraction of sp³-hybridized carbons (Fsp3) is 0.0870. The molecule has 4 aromatic rings. The first-order valence-corrected chi connectivity index (χ1v) is 10.4. The molecule has 0 spiro atoms. The summed E-state index contributed by atoms with van der Waals surface area (Å²) in [6.45, 7) is 0. The molecule has 2 N–H and O–H groups in total. The van der Waals surface area contributed by atoms with Crippen LogP contribution in [0, 0.1) is 0 Å².